The van der Waals surface area contributed by atoms with Crippen molar-refractivity contribution in [3.8, 4) is 11.8 Å². The zero-order valence-corrected chi connectivity index (χ0v) is 15.9. The third kappa shape index (κ3) is 3.23. The molecule has 1 aromatic heterocycles. The summed E-state index contributed by atoms with van der Waals surface area (Å²) in [6, 6.07) is 19.0. The van der Waals surface area contributed by atoms with E-state index in [9.17, 15) is 10.4 Å². The van der Waals surface area contributed by atoms with Gasteiger partial charge in [-0.3, -0.25) is 0 Å². The zero-order chi connectivity index (χ0) is 19.7. The quantitative estimate of drug-likeness (QED) is 0.731. The van der Waals surface area contributed by atoms with Crippen molar-refractivity contribution in [1.82, 2.24) is 0 Å². The molecule has 0 bridgehead atoms. The smallest absolute Gasteiger partial charge is 0.132 e. The number of furan rings is 1. The van der Waals surface area contributed by atoms with Crippen molar-refractivity contribution in [2.75, 3.05) is 4.90 Å². The number of aliphatic hydroxyl groups is 1. The highest BCUT2D eigenvalue weighted by Gasteiger charge is 2.45. The van der Waals surface area contributed by atoms with Gasteiger partial charge in [-0.15, -0.1) is 0 Å². The summed E-state index contributed by atoms with van der Waals surface area (Å²) in [7, 11) is 0. The molecule has 28 heavy (non-hydrogen) atoms. The molecular formula is C23H22N2O3. The Labute approximate surface area is 164 Å². The number of ether oxygens (including phenoxy) is 1. The van der Waals surface area contributed by atoms with Crippen LogP contribution in [0, 0.1) is 11.3 Å². The summed E-state index contributed by atoms with van der Waals surface area (Å²) in [5, 5.41) is 20.7. The number of rotatable bonds is 4. The molecule has 0 spiro atoms. The van der Waals surface area contributed by atoms with E-state index in [1.165, 1.54) is 0 Å². The SMILES string of the molecule is CC1(C)Oc2ccc(C#N)cc2C(N(Cc2ccoc2)c2ccccc2)[C@H]1O. The molecule has 0 saturated carbocycles. The van der Waals surface area contributed by atoms with E-state index in [1.54, 1.807) is 18.6 Å². The Balaban J connectivity index is 1.87. The standard InChI is InChI=1S/C23H22N2O3/c1-23(2)22(26)21(19-12-16(13-24)8-9-20(19)28-23)25(14-17-10-11-27-15-17)18-6-4-3-5-7-18/h3-12,15,21-22,26H,14H2,1-2H3/t21?,22-/m1/s1. The van der Waals surface area contributed by atoms with Crippen LogP contribution in [0.15, 0.2) is 71.5 Å². The lowest BCUT2D eigenvalue weighted by Gasteiger charge is -2.47. The van der Waals surface area contributed by atoms with Crippen molar-refractivity contribution < 1.29 is 14.3 Å². The molecule has 0 radical (unpaired) electrons. The number of fused-ring (bicyclic) bond motifs is 1. The van der Waals surface area contributed by atoms with Crippen molar-refractivity contribution in [3.05, 3.63) is 83.8 Å². The number of benzene rings is 2. The molecule has 2 aromatic carbocycles. The van der Waals surface area contributed by atoms with E-state index < -0.39 is 11.7 Å². The van der Waals surface area contributed by atoms with Gasteiger partial charge in [-0.25, -0.2) is 0 Å². The minimum Gasteiger partial charge on any atom is -0.485 e. The maximum absolute atomic E-state index is 11.3. The fourth-order valence-corrected chi connectivity index (χ4v) is 3.72. The summed E-state index contributed by atoms with van der Waals surface area (Å²) in [6.07, 6.45) is 2.55. The van der Waals surface area contributed by atoms with Crippen molar-refractivity contribution in [2.24, 2.45) is 0 Å². The molecule has 3 aromatic rings. The van der Waals surface area contributed by atoms with Crippen LogP contribution in [0.4, 0.5) is 5.69 Å². The molecular weight excluding hydrogens is 352 g/mol. The van der Waals surface area contributed by atoms with Gasteiger partial charge in [0.1, 0.15) is 17.5 Å². The second-order valence-corrected chi connectivity index (χ2v) is 7.55. The van der Waals surface area contributed by atoms with Gasteiger partial charge in [0, 0.05) is 23.4 Å². The summed E-state index contributed by atoms with van der Waals surface area (Å²) in [4.78, 5) is 2.14. The van der Waals surface area contributed by atoms with E-state index in [0.29, 0.717) is 17.9 Å². The van der Waals surface area contributed by atoms with Gasteiger partial charge in [-0.2, -0.15) is 5.26 Å². The summed E-state index contributed by atoms with van der Waals surface area (Å²) >= 11 is 0. The van der Waals surface area contributed by atoms with E-state index in [2.05, 4.69) is 11.0 Å². The van der Waals surface area contributed by atoms with Gasteiger partial charge >= 0.3 is 0 Å². The van der Waals surface area contributed by atoms with Gasteiger partial charge in [0.25, 0.3) is 0 Å². The molecule has 0 amide bonds. The van der Waals surface area contributed by atoms with Crippen LogP contribution >= 0.6 is 0 Å². The highest BCUT2D eigenvalue weighted by atomic mass is 16.5. The Bertz CT molecular complexity index is 990. The fraction of sp³-hybridized carbons (Fsp3) is 0.261. The predicted molar refractivity (Wildman–Crippen MR) is 106 cm³/mol. The van der Waals surface area contributed by atoms with Crippen molar-refractivity contribution in [2.45, 2.75) is 38.1 Å². The van der Waals surface area contributed by atoms with Crippen molar-refractivity contribution >= 4 is 5.69 Å². The normalized spacial score (nSPS) is 19.9. The average molecular weight is 374 g/mol. The third-order valence-corrected chi connectivity index (χ3v) is 5.20. The number of anilines is 1. The predicted octanol–water partition coefficient (Wildman–Crippen LogP) is 4.43. The minimum absolute atomic E-state index is 0.385. The van der Waals surface area contributed by atoms with E-state index >= 15 is 0 Å². The molecule has 0 aliphatic carbocycles. The second-order valence-electron chi connectivity index (χ2n) is 7.55. The van der Waals surface area contributed by atoms with E-state index in [0.717, 1.165) is 16.8 Å². The molecule has 142 valence electrons. The summed E-state index contributed by atoms with van der Waals surface area (Å²) in [5.74, 6) is 0.687. The Kier molecular flexibility index (Phi) is 4.58. The number of hydrogen-bond acceptors (Lipinski definition) is 5. The fourth-order valence-electron chi connectivity index (χ4n) is 3.72. The van der Waals surface area contributed by atoms with Crippen LogP contribution in [0.5, 0.6) is 5.75 Å². The summed E-state index contributed by atoms with van der Waals surface area (Å²) in [6.45, 7) is 4.31. The first-order valence-corrected chi connectivity index (χ1v) is 9.23. The Morgan fingerprint density at radius 3 is 2.61 bits per heavy atom. The molecule has 5 heteroatoms. The maximum atomic E-state index is 11.3. The van der Waals surface area contributed by atoms with Crippen LogP contribution < -0.4 is 9.64 Å². The lowest BCUT2D eigenvalue weighted by molar-refractivity contribution is -0.0590. The Morgan fingerprint density at radius 1 is 1.14 bits per heavy atom. The van der Waals surface area contributed by atoms with Gasteiger partial charge in [-0.1, -0.05) is 18.2 Å². The maximum Gasteiger partial charge on any atom is 0.132 e. The van der Waals surface area contributed by atoms with Gasteiger partial charge in [-0.05, 0) is 50.2 Å². The van der Waals surface area contributed by atoms with Crippen LogP contribution in [0.1, 0.15) is 36.6 Å². The lowest BCUT2D eigenvalue weighted by atomic mass is 9.84. The van der Waals surface area contributed by atoms with Gasteiger partial charge in [0.2, 0.25) is 0 Å². The first-order chi connectivity index (χ1) is 13.5. The van der Waals surface area contributed by atoms with Crippen molar-refractivity contribution in [3.63, 3.8) is 0 Å². The largest absolute Gasteiger partial charge is 0.485 e. The number of para-hydroxylation sites is 1. The van der Waals surface area contributed by atoms with Gasteiger partial charge < -0.3 is 19.2 Å². The molecule has 1 unspecified atom stereocenters. The Hall–Kier alpha value is -3.23. The minimum atomic E-state index is -0.805. The Morgan fingerprint density at radius 2 is 1.93 bits per heavy atom. The first kappa shape index (κ1) is 18.1. The van der Waals surface area contributed by atoms with Crippen LogP contribution in [0.25, 0.3) is 0 Å². The molecule has 1 aliphatic rings. The first-order valence-electron chi connectivity index (χ1n) is 9.23. The van der Waals surface area contributed by atoms with Crippen LogP contribution in [-0.4, -0.2) is 16.8 Å². The molecule has 0 saturated heterocycles. The molecule has 0 fully saturated rings. The van der Waals surface area contributed by atoms with Crippen molar-refractivity contribution in [1.29, 1.82) is 5.26 Å². The molecule has 1 N–H and O–H groups in total. The van der Waals surface area contributed by atoms with Crippen LogP contribution in [-0.2, 0) is 6.54 Å². The number of hydrogen-bond donors (Lipinski definition) is 1. The third-order valence-electron chi connectivity index (χ3n) is 5.20. The van der Waals surface area contributed by atoms with E-state index in [-0.39, 0.29) is 6.04 Å². The highest BCUT2D eigenvalue weighted by Crippen LogP contribution is 2.45. The van der Waals surface area contributed by atoms with Gasteiger partial charge in [0.15, 0.2) is 0 Å². The van der Waals surface area contributed by atoms with Crippen LogP contribution in [0.3, 0.4) is 0 Å². The summed E-state index contributed by atoms with van der Waals surface area (Å²) in [5.41, 5.74) is 2.53. The van der Waals surface area contributed by atoms with E-state index in [1.807, 2.05) is 62.4 Å². The monoisotopic (exact) mass is 374 g/mol. The molecule has 2 atom stereocenters. The number of nitriles is 1. The van der Waals surface area contributed by atoms with E-state index in [4.69, 9.17) is 9.15 Å². The average Bonchev–Trinajstić information content (AvgIpc) is 3.21. The molecule has 5 nitrogen and oxygen atoms in total. The summed E-state index contributed by atoms with van der Waals surface area (Å²) < 4.78 is 11.3. The molecule has 2 heterocycles. The lowest BCUT2D eigenvalue weighted by Crippen LogP contribution is -2.53. The molecule has 1 aliphatic heterocycles. The highest BCUT2D eigenvalue weighted by molar-refractivity contribution is 5.55. The molecule has 4 rings (SSSR count). The second kappa shape index (κ2) is 7.06. The number of nitrogens with zero attached hydrogens (tertiary/aromatic N) is 2. The van der Waals surface area contributed by atoms with Crippen LogP contribution in [0.2, 0.25) is 0 Å². The topological polar surface area (TPSA) is 69.6 Å². The number of aliphatic hydroxyl groups excluding tert-OH is 1. The van der Waals surface area contributed by atoms with Gasteiger partial charge in [0.05, 0.1) is 30.2 Å². The zero-order valence-electron chi connectivity index (χ0n) is 15.9.